The molecule has 1 atom stereocenters. The van der Waals surface area contributed by atoms with Gasteiger partial charge in [0.1, 0.15) is 38.1 Å². The lowest BCUT2D eigenvalue weighted by Crippen LogP contribution is -3.14. The number of nitrogens with zero attached hydrogens (tertiary/aromatic N) is 1. The monoisotopic (exact) mass is 341 g/mol. The maximum absolute atomic E-state index is 10.7. The van der Waals surface area contributed by atoms with Crippen LogP contribution in [0, 0.1) is 10.1 Å². The van der Waals surface area contributed by atoms with Gasteiger partial charge in [-0.25, -0.2) is 0 Å². The van der Waals surface area contributed by atoms with E-state index in [1.54, 1.807) is 17.0 Å². The summed E-state index contributed by atoms with van der Waals surface area (Å²) in [4.78, 5) is 11.8. The number of hydrogen-bond donors (Lipinski definition) is 3. The maximum atomic E-state index is 10.7. The molecule has 1 aliphatic rings. The Hall–Kier alpha value is -1.74. The van der Waals surface area contributed by atoms with Gasteiger partial charge in [0.2, 0.25) is 0 Å². The lowest BCUT2D eigenvalue weighted by atomic mass is 10.3. The number of ether oxygens (including phenoxy) is 2. The van der Waals surface area contributed by atoms with Crippen molar-refractivity contribution >= 4 is 5.69 Å². The summed E-state index contributed by atoms with van der Waals surface area (Å²) in [5.74, 6) is 0.402. The van der Waals surface area contributed by atoms with Crippen LogP contribution in [-0.2, 0) is 4.74 Å². The molecule has 1 fully saturated rings. The minimum absolute atomic E-state index is 0.0147. The first-order valence-electron chi connectivity index (χ1n) is 8.43. The first kappa shape index (κ1) is 18.6. The van der Waals surface area contributed by atoms with Gasteiger partial charge >= 0.3 is 0 Å². The number of benzene rings is 1. The molecule has 0 spiro atoms. The van der Waals surface area contributed by atoms with Crippen LogP contribution in [0.1, 0.15) is 6.42 Å². The first-order chi connectivity index (χ1) is 11.6. The summed E-state index contributed by atoms with van der Waals surface area (Å²) in [6.45, 7) is 6.68. The van der Waals surface area contributed by atoms with E-state index in [1.165, 1.54) is 12.1 Å². The lowest BCUT2D eigenvalue weighted by Gasteiger charge is -2.23. The van der Waals surface area contributed by atoms with Gasteiger partial charge in [-0.05, 0) is 6.07 Å². The van der Waals surface area contributed by atoms with Crippen LogP contribution in [0.15, 0.2) is 24.3 Å². The summed E-state index contributed by atoms with van der Waals surface area (Å²) >= 11 is 0. The van der Waals surface area contributed by atoms with Crippen LogP contribution in [0.5, 0.6) is 5.75 Å². The summed E-state index contributed by atoms with van der Waals surface area (Å²) in [6.07, 6.45) is 0.508. The molecule has 0 unspecified atom stereocenters. The van der Waals surface area contributed by atoms with Gasteiger partial charge in [-0.2, -0.15) is 0 Å². The molecule has 8 nitrogen and oxygen atoms in total. The molecule has 1 heterocycles. The van der Waals surface area contributed by atoms with Gasteiger partial charge < -0.3 is 24.8 Å². The summed E-state index contributed by atoms with van der Waals surface area (Å²) in [6, 6.07) is 5.99. The number of hydrogen-bond acceptors (Lipinski definition) is 5. The highest BCUT2D eigenvalue weighted by Crippen LogP contribution is 2.18. The zero-order valence-electron chi connectivity index (χ0n) is 13.9. The van der Waals surface area contributed by atoms with Crippen molar-refractivity contribution < 1.29 is 29.7 Å². The van der Waals surface area contributed by atoms with Gasteiger partial charge in [0.25, 0.3) is 5.69 Å². The van der Waals surface area contributed by atoms with Crippen LogP contribution in [0.2, 0.25) is 0 Å². The number of aliphatic hydroxyl groups is 1. The van der Waals surface area contributed by atoms with Crippen LogP contribution in [0.25, 0.3) is 0 Å². The summed E-state index contributed by atoms with van der Waals surface area (Å²) in [7, 11) is 0. The van der Waals surface area contributed by atoms with Crippen LogP contribution < -0.4 is 15.0 Å². The minimum atomic E-state index is -0.597. The van der Waals surface area contributed by atoms with Crippen molar-refractivity contribution in [1.82, 2.24) is 0 Å². The van der Waals surface area contributed by atoms with E-state index in [2.05, 4.69) is 5.32 Å². The molecular weight excluding hydrogens is 314 g/mol. The highest BCUT2D eigenvalue weighted by Gasteiger charge is 2.14. The molecule has 0 bridgehead atoms. The normalized spacial score (nSPS) is 16.7. The average Bonchev–Trinajstić information content (AvgIpc) is 2.61. The molecule has 0 radical (unpaired) electrons. The number of nitro groups is 1. The zero-order chi connectivity index (χ0) is 17.2. The van der Waals surface area contributed by atoms with E-state index < -0.39 is 11.0 Å². The van der Waals surface area contributed by atoms with E-state index in [4.69, 9.17) is 9.47 Å². The summed E-state index contributed by atoms with van der Waals surface area (Å²) in [5.41, 5.74) is -0.0147. The third kappa shape index (κ3) is 6.79. The van der Waals surface area contributed by atoms with E-state index in [-0.39, 0.29) is 12.3 Å². The minimum Gasteiger partial charge on any atom is -0.490 e. The number of morpholine rings is 1. The smallest absolute Gasteiger partial charge is 0.273 e. The third-order valence-electron chi connectivity index (χ3n) is 4.05. The molecule has 4 N–H and O–H groups in total. The highest BCUT2D eigenvalue weighted by molar-refractivity contribution is 5.37. The Morgan fingerprint density at radius 3 is 2.96 bits per heavy atom. The Balaban J connectivity index is 1.55. The predicted octanol–water partition coefficient (Wildman–Crippen LogP) is -1.80. The van der Waals surface area contributed by atoms with Crippen LogP contribution in [-0.4, -0.2) is 68.7 Å². The zero-order valence-corrected chi connectivity index (χ0v) is 13.9. The Bertz CT molecular complexity index is 508. The van der Waals surface area contributed by atoms with Gasteiger partial charge in [0.15, 0.2) is 0 Å². The summed E-state index contributed by atoms with van der Waals surface area (Å²) in [5, 5.41) is 22.7. The Morgan fingerprint density at radius 1 is 1.42 bits per heavy atom. The molecule has 0 saturated carbocycles. The number of nitrogens with one attached hydrogen (secondary N) is 1. The molecule has 0 aromatic heterocycles. The molecule has 1 aliphatic heterocycles. The molecule has 1 saturated heterocycles. The van der Waals surface area contributed by atoms with Gasteiger partial charge in [-0.3, -0.25) is 10.1 Å². The average molecular weight is 341 g/mol. The lowest BCUT2D eigenvalue weighted by molar-refractivity contribution is -0.909. The van der Waals surface area contributed by atoms with Crippen LogP contribution in [0.3, 0.4) is 0 Å². The van der Waals surface area contributed by atoms with Crippen molar-refractivity contribution in [1.29, 1.82) is 0 Å². The van der Waals surface area contributed by atoms with Crippen LogP contribution in [0.4, 0.5) is 5.69 Å². The topological polar surface area (TPSA) is 103 Å². The van der Waals surface area contributed by atoms with E-state index >= 15 is 0 Å². The summed E-state index contributed by atoms with van der Waals surface area (Å²) < 4.78 is 10.7. The van der Waals surface area contributed by atoms with E-state index in [0.717, 1.165) is 45.8 Å². The second-order valence-corrected chi connectivity index (χ2v) is 6.00. The molecule has 2 rings (SSSR count). The molecule has 1 aromatic carbocycles. The van der Waals surface area contributed by atoms with Crippen molar-refractivity contribution in [2.75, 3.05) is 52.5 Å². The highest BCUT2D eigenvalue weighted by atomic mass is 16.6. The van der Waals surface area contributed by atoms with Gasteiger partial charge in [0.05, 0.1) is 37.3 Å². The van der Waals surface area contributed by atoms with Crippen molar-refractivity contribution in [2.24, 2.45) is 0 Å². The standard InChI is InChI=1S/C16H25N3O5/c20-15(12-17-5-2-6-18-7-9-23-10-8-18)13-24-16-4-1-3-14(11-16)19(21)22/h1,3-4,11,15,17,20H,2,5-10,12-13H2/p+2/t15-/m0/s1. The van der Waals surface area contributed by atoms with E-state index in [1.807, 2.05) is 0 Å². The van der Waals surface area contributed by atoms with Crippen LogP contribution >= 0.6 is 0 Å². The fraction of sp³-hybridized carbons (Fsp3) is 0.625. The second kappa shape index (κ2) is 10.2. The molecule has 0 aliphatic carbocycles. The Morgan fingerprint density at radius 2 is 2.21 bits per heavy atom. The van der Waals surface area contributed by atoms with Crippen molar-refractivity contribution in [2.45, 2.75) is 12.5 Å². The molecule has 1 aromatic rings. The third-order valence-corrected chi connectivity index (χ3v) is 4.05. The number of nitro benzene ring substituents is 1. The molecule has 0 amide bonds. The number of non-ortho nitro benzene ring substituents is 1. The van der Waals surface area contributed by atoms with E-state index in [9.17, 15) is 15.2 Å². The van der Waals surface area contributed by atoms with Gasteiger partial charge in [-0.15, -0.1) is 0 Å². The van der Waals surface area contributed by atoms with E-state index in [0.29, 0.717) is 12.3 Å². The van der Waals surface area contributed by atoms with Crippen molar-refractivity contribution in [3.63, 3.8) is 0 Å². The first-order valence-corrected chi connectivity index (χ1v) is 8.43. The quantitative estimate of drug-likeness (QED) is 0.265. The molecule has 134 valence electrons. The largest absolute Gasteiger partial charge is 0.490 e. The van der Waals surface area contributed by atoms with Gasteiger partial charge in [-0.1, -0.05) is 6.07 Å². The number of rotatable bonds is 10. The number of nitrogens with two attached hydrogens (primary N) is 1. The van der Waals surface area contributed by atoms with Gasteiger partial charge in [0, 0.05) is 12.5 Å². The predicted molar refractivity (Wildman–Crippen MR) is 87.3 cm³/mol. The molecule has 8 heteroatoms. The number of quaternary nitrogens is 2. The maximum Gasteiger partial charge on any atom is 0.273 e. The van der Waals surface area contributed by atoms with Crippen molar-refractivity contribution in [3.8, 4) is 5.75 Å². The fourth-order valence-corrected chi connectivity index (χ4v) is 2.66. The second-order valence-electron chi connectivity index (χ2n) is 6.00. The fourth-order valence-electron chi connectivity index (χ4n) is 2.66. The molecule has 24 heavy (non-hydrogen) atoms. The SMILES string of the molecule is O=[N+]([O-])c1cccc(OC[C@@H](O)C[NH2+]CCC[NH+]2CCOCC2)c1. The number of aliphatic hydroxyl groups excluding tert-OH is 1. The Labute approximate surface area is 141 Å². The Kier molecular flexibility index (Phi) is 7.90. The molecular formula is C16H27N3O5+2. The van der Waals surface area contributed by atoms with Crippen molar-refractivity contribution in [3.05, 3.63) is 34.4 Å².